The third-order valence-corrected chi connectivity index (χ3v) is 7.81. The number of para-hydroxylation sites is 1. The number of fused-ring (bicyclic) bond motifs is 2. The normalized spacial score (nSPS) is 13.5. The molecule has 0 atom stereocenters. The molecule has 0 spiro atoms. The maximum absolute atomic E-state index is 13.1. The van der Waals surface area contributed by atoms with E-state index >= 15 is 0 Å². The van der Waals surface area contributed by atoms with Crippen LogP contribution in [0.25, 0.3) is 20.8 Å². The molecule has 1 amide bonds. The fraction of sp³-hybridized carbons (Fsp3) is 0.250. The summed E-state index contributed by atoms with van der Waals surface area (Å²) < 4.78 is 1.17. The number of nitrogens with one attached hydrogen (secondary N) is 1. The SMILES string of the molecule is CN1CCc2c(sc(NC(=O)c3ccc(N(C)C)cc3)c2-c2nc3ccccc3s2)C1.Cl. The molecular weight excluding hydrogens is 460 g/mol. The van der Waals surface area contributed by atoms with E-state index in [1.165, 1.54) is 15.1 Å². The van der Waals surface area contributed by atoms with Gasteiger partial charge in [0.1, 0.15) is 10.0 Å². The van der Waals surface area contributed by atoms with Crippen LogP contribution in [0.15, 0.2) is 48.5 Å². The van der Waals surface area contributed by atoms with E-state index in [4.69, 9.17) is 4.98 Å². The Balaban J connectivity index is 0.00000245. The zero-order valence-electron chi connectivity index (χ0n) is 18.2. The molecule has 5 rings (SSSR count). The second-order valence-electron chi connectivity index (χ2n) is 8.08. The van der Waals surface area contributed by atoms with Crippen molar-refractivity contribution in [2.24, 2.45) is 0 Å². The van der Waals surface area contributed by atoms with E-state index in [1.54, 1.807) is 22.7 Å². The second-order valence-corrected chi connectivity index (χ2v) is 10.2. The van der Waals surface area contributed by atoms with Gasteiger partial charge in [-0.2, -0.15) is 0 Å². The number of amides is 1. The van der Waals surface area contributed by atoms with Crippen LogP contribution in [0.1, 0.15) is 20.8 Å². The van der Waals surface area contributed by atoms with Gasteiger partial charge in [0.15, 0.2) is 0 Å². The first-order valence-corrected chi connectivity index (χ1v) is 11.9. The largest absolute Gasteiger partial charge is 0.378 e. The molecule has 1 aliphatic rings. The first-order valence-electron chi connectivity index (χ1n) is 10.3. The summed E-state index contributed by atoms with van der Waals surface area (Å²) in [7, 11) is 6.13. The molecule has 1 aliphatic heterocycles. The number of anilines is 2. The third-order valence-electron chi connectivity index (χ3n) is 5.63. The van der Waals surface area contributed by atoms with Crippen LogP contribution in [0.5, 0.6) is 0 Å². The van der Waals surface area contributed by atoms with Crippen LogP contribution < -0.4 is 10.2 Å². The van der Waals surface area contributed by atoms with Gasteiger partial charge in [0.25, 0.3) is 5.91 Å². The van der Waals surface area contributed by atoms with Gasteiger partial charge >= 0.3 is 0 Å². The van der Waals surface area contributed by atoms with Gasteiger partial charge in [0.05, 0.1) is 10.2 Å². The molecular formula is C24H25ClN4OS2. The van der Waals surface area contributed by atoms with Crippen molar-refractivity contribution in [2.75, 3.05) is 37.9 Å². The molecule has 4 aromatic rings. The molecule has 1 N–H and O–H groups in total. The highest BCUT2D eigenvalue weighted by molar-refractivity contribution is 7.23. The quantitative estimate of drug-likeness (QED) is 0.400. The smallest absolute Gasteiger partial charge is 0.256 e. The van der Waals surface area contributed by atoms with E-state index < -0.39 is 0 Å². The van der Waals surface area contributed by atoms with Crippen LogP contribution in [-0.2, 0) is 13.0 Å². The van der Waals surface area contributed by atoms with Gasteiger partial charge in [0.2, 0.25) is 0 Å². The number of halogens is 1. The number of hydrogen-bond acceptors (Lipinski definition) is 6. The Morgan fingerprint density at radius 3 is 2.56 bits per heavy atom. The fourth-order valence-electron chi connectivity index (χ4n) is 3.91. The topological polar surface area (TPSA) is 48.5 Å². The van der Waals surface area contributed by atoms with Gasteiger partial charge in [-0.3, -0.25) is 4.79 Å². The Kier molecular flexibility index (Phi) is 6.53. The number of benzene rings is 2. The van der Waals surface area contributed by atoms with E-state index in [2.05, 4.69) is 23.3 Å². The van der Waals surface area contributed by atoms with Crippen LogP contribution in [0, 0.1) is 0 Å². The fourth-order valence-corrected chi connectivity index (χ4v) is 6.34. The van der Waals surface area contributed by atoms with Crippen molar-refractivity contribution < 1.29 is 4.79 Å². The Hall–Kier alpha value is -2.45. The molecule has 2 aromatic carbocycles. The molecule has 8 heteroatoms. The van der Waals surface area contributed by atoms with E-state index in [0.717, 1.165) is 46.3 Å². The lowest BCUT2D eigenvalue weighted by Gasteiger charge is -2.22. The summed E-state index contributed by atoms with van der Waals surface area (Å²) in [6.07, 6.45) is 0.973. The Morgan fingerprint density at radius 2 is 1.84 bits per heavy atom. The summed E-state index contributed by atoms with van der Waals surface area (Å²) >= 11 is 3.38. The number of carbonyl (C=O) groups is 1. The highest BCUT2D eigenvalue weighted by Crippen LogP contribution is 2.45. The van der Waals surface area contributed by atoms with Crippen molar-refractivity contribution in [3.8, 4) is 10.6 Å². The zero-order valence-corrected chi connectivity index (χ0v) is 20.7. The molecule has 0 aliphatic carbocycles. The standard InChI is InChI=1S/C24H24N4OS2.ClH/c1-27(2)16-10-8-15(9-11-16)22(29)26-24-21(17-12-13-28(3)14-20(17)31-24)23-25-18-6-4-5-7-19(18)30-23;/h4-11H,12-14H2,1-3H3,(H,26,29);1H. The molecule has 2 aromatic heterocycles. The minimum atomic E-state index is -0.0837. The first-order chi connectivity index (χ1) is 15.0. The molecule has 3 heterocycles. The third kappa shape index (κ3) is 4.26. The van der Waals surface area contributed by atoms with Gasteiger partial charge in [-0.05, 0) is 55.4 Å². The van der Waals surface area contributed by atoms with Gasteiger partial charge in [0, 0.05) is 48.9 Å². The highest BCUT2D eigenvalue weighted by Gasteiger charge is 2.26. The average molecular weight is 485 g/mol. The summed E-state index contributed by atoms with van der Waals surface area (Å²) in [6, 6.07) is 15.9. The van der Waals surface area contributed by atoms with Crippen molar-refractivity contribution in [1.29, 1.82) is 0 Å². The van der Waals surface area contributed by atoms with Gasteiger partial charge in [-0.15, -0.1) is 35.1 Å². The second kappa shape index (κ2) is 9.19. The molecule has 0 saturated heterocycles. The van der Waals surface area contributed by atoms with Crippen molar-refractivity contribution in [2.45, 2.75) is 13.0 Å². The first kappa shape index (κ1) is 22.7. The maximum Gasteiger partial charge on any atom is 0.256 e. The number of thiazole rings is 1. The average Bonchev–Trinajstić information content (AvgIpc) is 3.33. The molecule has 0 bridgehead atoms. The monoisotopic (exact) mass is 484 g/mol. The number of carbonyl (C=O) groups excluding carboxylic acids is 1. The van der Waals surface area contributed by atoms with E-state index in [1.807, 2.05) is 61.5 Å². The maximum atomic E-state index is 13.1. The molecule has 166 valence electrons. The van der Waals surface area contributed by atoms with Crippen molar-refractivity contribution in [3.05, 3.63) is 64.5 Å². The summed E-state index contributed by atoms with van der Waals surface area (Å²) in [6.45, 7) is 1.92. The lowest BCUT2D eigenvalue weighted by molar-refractivity contribution is 0.102. The number of rotatable bonds is 4. The van der Waals surface area contributed by atoms with Gasteiger partial charge < -0.3 is 15.1 Å². The predicted octanol–water partition coefficient (Wildman–Crippen LogP) is 5.75. The highest BCUT2D eigenvalue weighted by atomic mass is 35.5. The van der Waals surface area contributed by atoms with E-state index in [9.17, 15) is 4.79 Å². The summed E-state index contributed by atoms with van der Waals surface area (Å²) in [5.74, 6) is -0.0837. The number of aromatic nitrogens is 1. The molecule has 5 nitrogen and oxygen atoms in total. The number of nitrogens with zero attached hydrogens (tertiary/aromatic N) is 3. The van der Waals surface area contributed by atoms with Gasteiger partial charge in [-0.25, -0.2) is 4.98 Å². The van der Waals surface area contributed by atoms with Crippen LogP contribution in [0.3, 0.4) is 0 Å². The number of hydrogen-bond donors (Lipinski definition) is 1. The molecule has 0 unspecified atom stereocenters. The molecule has 0 radical (unpaired) electrons. The van der Waals surface area contributed by atoms with Crippen LogP contribution in [0.4, 0.5) is 10.7 Å². The lowest BCUT2D eigenvalue weighted by atomic mass is 10.0. The number of thiophene rings is 1. The van der Waals surface area contributed by atoms with Crippen LogP contribution in [0.2, 0.25) is 0 Å². The molecule has 0 fully saturated rings. The van der Waals surface area contributed by atoms with E-state index in [-0.39, 0.29) is 18.3 Å². The predicted molar refractivity (Wildman–Crippen MR) is 139 cm³/mol. The molecule has 32 heavy (non-hydrogen) atoms. The number of likely N-dealkylation sites (N-methyl/N-ethyl adjacent to an activating group) is 1. The summed E-state index contributed by atoms with van der Waals surface area (Å²) in [5.41, 5.74) is 5.17. The van der Waals surface area contributed by atoms with E-state index in [0.29, 0.717) is 5.56 Å². The van der Waals surface area contributed by atoms with Crippen molar-refractivity contribution >= 4 is 61.9 Å². The van der Waals surface area contributed by atoms with Crippen molar-refractivity contribution in [1.82, 2.24) is 9.88 Å². The Labute approximate surface area is 202 Å². The van der Waals surface area contributed by atoms with Crippen molar-refractivity contribution in [3.63, 3.8) is 0 Å². The van der Waals surface area contributed by atoms with Crippen LogP contribution >= 0.6 is 35.1 Å². The van der Waals surface area contributed by atoms with Crippen LogP contribution in [-0.4, -0.2) is 43.5 Å². The Bertz CT molecular complexity index is 1230. The summed E-state index contributed by atoms with van der Waals surface area (Å²) in [5, 5.41) is 5.10. The summed E-state index contributed by atoms with van der Waals surface area (Å²) in [4.78, 5) is 23.7. The van der Waals surface area contributed by atoms with Gasteiger partial charge in [-0.1, -0.05) is 12.1 Å². The zero-order chi connectivity index (χ0) is 21.5. The minimum absolute atomic E-state index is 0. The minimum Gasteiger partial charge on any atom is -0.378 e. The Morgan fingerprint density at radius 1 is 1.09 bits per heavy atom. The lowest BCUT2D eigenvalue weighted by Crippen LogP contribution is -2.25. The molecule has 0 saturated carbocycles.